The molecule has 5 nitrogen and oxygen atoms in total. The van der Waals surface area contributed by atoms with Gasteiger partial charge >= 0.3 is 0 Å². The van der Waals surface area contributed by atoms with Crippen molar-refractivity contribution in [2.75, 3.05) is 7.11 Å². The highest BCUT2D eigenvalue weighted by molar-refractivity contribution is 5.31. The van der Waals surface area contributed by atoms with Gasteiger partial charge in [0.25, 0.3) is 0 Å². The van der Waals surface area contributed by atoms with Crippen molar-refractivity contribution >= 4 is 0 Å². The van der Waals surface area contributed by atoms with Crippen LogP contribution in [0.2, 0.25) is 0 Å². The lowest BCUT2D eigenvalue weighted by molar-refractivity contribution is 0.384. The molecule has 0 aliphatic heterocycles. The van der Waals surface area contributed by atoms with Gasteiger partial charge in [-0.05, 0) is 38.0 Å². The van der Waals surface area contributed by atoms with Gasteiger partial charge in [0, 0.05) is 6.04 Å². The van der Waals surface area contributed by atoms with Crippen molar-refractivity contribution < 1.29 is 9.13 Å². The van der Waals surface area contributed by atoms with Gasteiger partial charge in [0.2, 0.25) is 0 Å². The maximum atomic E-state index is 13.3. The zero-order valence-corrected chi connectivity index (χ0v) is 12.5. The van der Waals surface area contributed by atoms with E-state index in [1.807, 2.05) is 24.6 Å². The molecule has 1 aromatic carbocycles. The molecule has 0 spiro atoms. The van der Waals surface area contributed by atoms with Crippen LogP contribution in [0.15, 0.2) is 30.5 Å². The molecule has 1 aromatic heterocycles. The monoisotopic (exact) mass is 292 g/mol. The number of nitrogens with one attached hydrogen (secondary N) is 1. The van der Waals surface area contributed by atoms with Crippen LogP contribution in [-0.2, 0) is 6.42 Å². The van der Waals surface area contributed by atoms with Crippen LogP contribution in [0.4, 0.5) is 4.39 Å². The lowest BCUT2D eigenvalue weighted by Crippen LogP contribution is -2.32. The predicted molar refractivity (Wildman–Crippen MR) is 79.3 cm³/mol. The van der Waals surface area contributed by atoms with Crippen molar-refractivity contribution in [1.29, 1.82) is 0 Å². The van der Waals surface area contributed by atoms with Gasteiger partial charge in [-0.15, -0.1) is 0 Å². The van der Waals surface area contributed by atoms with Gasteiger partial charge in [0.15, 0.2) is 5.75 Å². The average Bonchev–Trinajstić information content (AvgIpc) is 2.88. The molecule has 0 amide bonds. The lowest BCUT2D eigenvalue weighted by atomic mass is 10.0. The minimum absolute atomic E-state index is 0.173. The van der Waals surface area contributed by atoms with Gasteiger partial charge in [0.05, 0.1) is 25.0 Å². The van der Waals surface area contributed by atoms with Crippen molar-refractivity contribution in [2.45, 2.75) is 32.4 Å². The highest BCUT2D eigenvalue weighted by atomic mass is 19.1. The van der Waals surface area contributed by atoms with Gasteiger partial charge in [0.1, 0.15) is 5.82 Å². The van der Waals surface area contributed by atoms with Crippen LogP contribution >= 0.6 is 0 Å². The zero-order chi connectivity index (χ0) is 15.4. The van der Waals surface area contributed by atoms with E-state index in [2.05, 4.69) is 10.5 Å². The largest absolute Gasteiger partial charge is 0.493 e. The third kappa shape index (κ3) is 3.40. The Bertz CT molecular complexity index is 597. The summed E-state index contributed by atoms with van der Waals surface area (Å²) >= 11 is 0. The van der Waals surface area contributed by atoms with Crippen molar-refractivity contribution in [2.24, 2.45) is 5.84 Å². The Labute approximate surface area is 123 Å². The number of ether oxygens (including phenoxy) is 1. The second kappa shape index (κ2) is 6.69. The molecule has 2 rings (SSSR count). The summed E-state index contributed by atoms with van der Waals surface area (Å²) < 4.78 is 20.6. The van der Waals surface area contributed by atoms with Crippen LogP contribution < -0.4 is 16.0 Å². The third-order valence-corrected chi connectivity index (χ3v) is 3.37. The number of hydrazine groups is 1. The molecule has 0 saturated heterocycles. The molecule has 1 atom stereocenters. The van der Waals surface area contributed by atoms with Gasteiger partial charge in [-0.2, -0.15) is 5.10 Å². The molecule has 0 bridgehead atoms. The first-order chi connectivity index (χ1) is 10.1. The van der Waals surface area contributed by atoms with E-state index in [0.29, 0.717) is 12.2 Å². The van der Waals surface area contributed by atoms with E-state index in [1.165, 1.54) is 12.1 Å². The fourth-order valence-electron chi connectivity index (χ4n) is 2.39. The molecule has 0 aliphatic carbocycles. The Morgan fingerprint density at radius 1 is 1.43 bits per heavy atom. The molecule has 0 saturated carbocycles. The first-order valence-corrected chi connectivity index (χ1v) is 6.88. The summed E-state index contributed by atoms with van der Waals surface area (Å²) in [5.74, 6) is 6.11. The SMILES string of the molecule is COc1cnn(C(C)C)c1C(Cc1cccc(F)c1)NN. The maximum absolute atomic E-state index is 13.3. The van der Waals surface area contributed by atoms with Crippen molar-refractivity contribution in [3.05, 3.63) is 47.5 Å². The average molecular weight is 292 g/mol. The molecule has 2 aromatic rings. The summed E-state index contributed by atoms with van der Waals surface area (Å²) in [6, 6.07) is 6.45. The Morgan fingerprint density at radius 3 is 2.76 bits per heavy atom. The first kappa shape index (κ1) is 15.5. The van der Waals surface area contributed by atoms with E-state index in [4.69, 9.17) is 10.6 Å². The Hall–Kier alpha value is -1.92. The Morgan fingerprint density at radius 2 is 2.19 bits per heavy atom. The second-order valence-corrected chi connectivity index (χ2v) is 5.19. The van der Waals surface area contributed by atoms with Crippen LogP contribution in [0.1, 0.15) is 37.2 Å². The number of aromatic nitrogens is 2. The number of hydrogen-bond acceptors (Lipinski definition) is 4. The topological polar surface area (TPSA) is 65.1 Å². The summed E-state index contributed by atoms with van der Waals surface area (Å²) in [4.78, 5) is 0. The summed E-state index contributed by atoms with van der Waals surface area (Å²) in [6.45, 7) is 4.07. The number of nitrogens with two attached hydrogens (primary N) is 1. The summed E-state index contributed by atoms with van der Waals surface area (Å²) in [5, 5.41) is 4.34. The summed E-state index contributed by atoms with van der Waals surface area (Å²) in [6.07, 6.45) is 2.22. The second-order valence-electron chi connectivity index (χ2n) is 5.19. The minimum atomic E-state index is -0.257. The van der Waals surface area contributed by atoms with Crippen LogP contribution in [0.25, 0.3) is 0 Å². The van der Waals surface area contributed by atoms with Crippen molar-refractivity contribution in [3.8, 4) is 5.75 Å². The van der Waals surface area contributed by atoms with E-state index < -0.39 is 0 Å². The quantitative estimate of drug-likeness (QED) is 0.633. The standard InChI is InChI=1S/C15H21FN4O/c1-10(2)20-15(14(21-3)9-18-20)13(19-17)8-11-5-4-6-12(16)7-11/h4-7,9-10,13,19H,8,17H2,1-3H3. The van der Waals surface area contributed by atoms with E-state index in [0.717, 1.165) is 11.3 Å². The van der Waals surface area contributed by atoms with E-state index in [9.17, 15) is 4.39 Å². The molecule has 6 heteroatoms. The summed E-state index contributed by atoms with van der Waals surface area (Å²) in [7, 11) is 1.60. The molecule has 114 valence electrons. The highest BCUT2D eigenvalue weighted by Crippen LogP contribution is 2.29. The van der Waals surface area contributed by atoms with E-state index in [-0.39, 0.29) is 17.9 Å². The molecular formula is C15H21FN4O. The molecule has 1 unspecified atom stereocenters. The molecular weight excluding hydrogens is 271 g/mol. The van der Waals surface area contributed by atoms with Gasteiger partial charge in [-0.25, -0.2) is 4.39 Å². The van der Waals surface area contributed by atoms with Crippen LogP contribution in [0.5, 0.6) is 5.75 Å². The molecule has 21 heavy (non-hydrogen) atoms. The number of nitrogens with zero attached hydrogens (tertiary/aromatic N) is 2. The van der Waals surface area contributed by atoms with Gasteiger partial charge in [-0.3, -0.25) is 16.0 Å². The number of methoxy groups -OCH3 is 1. The third-order valence-electron chi connectivity index (χ3n) is 3.37. The fraction of sp³-hybridized carbons (Fsp3) is 0.400. The number of halogens is 1. The fourth-order valence-corrected chi connectivity index (χ4v) is 2.39. The van der Waals surface area contributed by atoms with Crippen LogP contribution in [0, 0.1) is 5.82 Å². The van der Waals surface area contributed by atoms with Crippen molar-refractivity contribution in [1.82, 2.24) is 15.2 Å². The van der Waals surface area contributed by atoms with Gasteiger partial charge < -0.3 is 4.74 Å². The Balaban J connectivity index is 2.35. The molecule has 0 radical (unpaired) electrons. The number of rotatable bonds is 6. The molecule has 0 fully saturated rings. The molecule has 1 heterocycles. The predicted octanol–water partition coefficient (Wildman–Crippen LogP) is 2.36. The molecule has 3 N–H and O–H groups in total. The first-order valence-electron chi connectivity index (χ1n) is 6.88. The smallest absolute Gasteiger partial charge is 0.161 e. The number of hydrogen-bond donors (Lipinski definition) is 2. The normalized spacial score (nSPS) is 12.7. The summed E-state index contributed by atoms with van der Waals surface area (Å²) in [5.41, 5.74) is 4.50. The number of benzene rings is 1. The minimum Gasteiger partial charge on any atom is -0.493 e. The lowest BCUT2D eigenvalue weighted by Gasteiger charge is -2.21. The van der Waals surface area contributed by atoms with Crippen LogP contribution in [0.3, 0.4) is 0 Å². The van der Waals surface area contributed by atoms with Gasteiger partial charge in [-0.1, -0.05) is 12.1 Å². The molecule has 0 aliphatic rings. The maximum Gasteiger partial charge on any atom is 0.161 e. The zero-order valence-electron chi connectivity index (χ0n) is 12.5. The highest BCUT2D eigenvalue weighted by Gasteiger charge is 2.22. The Kier molecular flexibility index (Phi) is 4.93. The van der Waals surface area contributed by atoms with Crippen LogP contribution in [-0.4, -0.2) is 16.9 Å². The van der Waals surface area contributed by atoms with Crippen molar-refractivity contribution in [3.63, 3.8) is 0 Å². The van der Waals surface area contributed by atoms with E-state index in [1.54, 1.807) is 19.4 Å². The van der Waals surface area contributed by atoms with E-state index >= 15 is 0 Å².